The molecule has 1 unspecified atom stereocenters. The number of aromatic carboxylic acids is 1. The molecule has 0 amide bonds. The van der Waals surface area contributed by atoms with Crippen molar-refractivity contribution in [3.63, 3.8) is 0 Å². The number of hydrogen-bond acceptors (Lipinski definition) is 4. The molecule has 1 saturated heterocycles. The molecule has 1 fully saturated rings. The second-order valence-corrected chi connectivity index (χ2v) is 5.75. The Morgan fingerprint density at radius 3 is 3.06 bits per heavy atom. The first-order valence-electron chi connectivity index (χ1n) is 5.52. The largest absolute Gasteiger partial charge is 0.478 e. The Morgan fingerprint density at radius 1 is 1.56 bits per heavy atom. The van der Waals surface area contributed by atoms with Crippen molar-refractivity contribution in [3.05, 3.63) is 28.7 Å². The van der Waals surface area contributed by atoms with E-state index in [1.807, 2.05) is 11.8 Å². The normalized spacial score (nSPS) is 19.5. The minimum absolute atomic E-state index is 0.152. The standard InChI is InChI=1S/C11H10ClN3O2S/c12-8-3-7(11(16)17)4-15-9(13-14-10(8)15)6-1-2-18-5-6/h3-4,6H,1-2,5H2,(H,16,17). The first kappa shape index (κ1) is 11.8. The van der Waals surface area contributed by atoms with E-state index in [9.17, 15) is 4.79 Å². The van der Waals surface area contributed by atoms with Crippen molar-refractivity contribution in [1.29, 1.82) is 0 Å². The molecule has 1 aliphatic heterocycles. The number of halogens is 1. The molecule has 3 heterocycles. The molecule has 0 saturated carbocycles. The number of nitrogens with zero attached hydrogens (tertiary/aromatic N) is 3. The van der Waals surface area contributed by atoms with E-state index < -0.39 is 5.97 Å². The Hall–Kier alpha value is -1.27. The van der Waals surface area contributed by atoms with Crippen LogP contribution in [0.4, 0.5) is 0 Å². The van der Waals surface area contributed by atoms with Gasteiger partial charge in [-0.15, -0.1) is 10.2 Å². The Bertz CT molecular complexity index is 622. The highest BCUT2D eigenvalue weighted by molar-refractivity contribution is 7.99. The Balaban J connectivity index is 2.18. The maximum absolute atomic E-state index is 11.0. The summed E-state index contributed by atoms with van der Waals surface area (Å²) in [5, 5.41) is 17.6. The van der Waals surface area contributed by atoms with Gasteiger partial charge in [-0.1, -0.05) is 11.6 Å². The van der Waals surface area contributed by atoms with Crippen LogP contribution in [0.1, 0.15) is 28.5 Å². The third-order valence-corrected chi connectivity index (χ3v) is 4.47. The lowest BCUT2D eigenvalue weighted by atomic mass is 10.1. The van der Waals surface area contributed by atoms with Crippen LogP contribution in [-0.4, -0.2) is 37.2 Å². The van der Waals surface area contributed by atoms with E-state index in [1.54, 1.807) is 10.6 Å². The zero-order valence-corrected chi connectivity index (χ0v) is 10.9. The highest BCUT2D eigenvalue weighted by Gasteiger charge is 2.24. The molecule has 0 aliphatic carbocycles. The second-order valence-electron chi connectivity index (χ2n) is 4.19. The molecule has 0 radical (unpaired) electrons. The third-order valence-electron chi connectivity index (χ3n) is 3.03. The van der Waals surface area contributed by atoms with Gasteiger partial charge in [0, 0.05) is 17.9 Å². The maximum Gasteiger partial charge on any atom is 0.337 e. The van der Waals surface area contributed by atoms with E-state index in [1.165, 1.54) is 6.07 Å². The fourth-order valence-corrected chi connectivity index (χ4v) is 3.57. The molecule has 0 aromatic carbocycles. The molecule has 1 N–H and O–H groups in total. The summed E-state index contributed by atoms with van der Waals surface area (Å²) in [6.45, 7) is 0. The summed E-state index contributed by atoms with van der Waals surface area (Å²) in [4.78, 5) is 11.0. The summed E-state index contributed by atoms with van der Waals surface area (Å²) < 4.78 is 1.71. The molecule has 0 bridgehead atoms. The van der Waals surface area contributed by atoms with E-state index in [0.29, 0.717) is 16.6 Å². The minimum atomic E-state index is -1.00. The van der Waals surface area contributed by atoms with Crippen LogP contribution in [0.25, 0.3) is 5.65 Å². The van der Waals surface area contributed by atoms with Crippen LogP contribution in [0.5, 0.6) is 0 Å². The molecule has 1 aliphatic rings. The van der Waals surface area contributed by atoms with Gasteiger partial charge < -0.3 is 5.11 Å². The molecule has 1 atom stereocenters. The predicted octanol–water partition coefficient (Wildman–Crippen LogP) is 2.30. The van der Waals surface area contributed by atoms with E-state index in [4.69, 9.17) is 16.7 Å². The van der Waals surface area contributed by atoms with Crippen LogP contribution in [0.15, 0.2) is 12.3 Å². The fourth-order valence-electron chi connectivity index (χ4n) is 2.10. The van der Waals surface area contributed by atoms with Crippen molar-refractivity contribution in [3.8, 4) is 0 Å². The average Bonchev–Trinajstić information content (AvgIpc) is 2.96. The Kier molecular flexibility index (Phi) is 2.91. The van der Waals surface area contributed by atoms with Gasteiger partial charge in [0.05, 0.1) is 10.6 Å². The molecule has 2 aromatic heterocycles. The minimum Gasteiger partial charge on any atom is -0.478 e. The van der Waals surface area contributed by atoms with Crippen molar-refractivity contribution in [1.82, 2.24) is 14.6 Å². The highest BCUT2D eigenvalue weighted by Crippen LogP contribution is 2.32. The van der Waals surface area contributed by atoms with Gasteiger partial charge in [0.15, 0.2) is 5.65 Å². The molecule has 18 heavy (non-hydrogen) atoms. The third kappa shape index (κ3) is 1.85. The molecule has 5 nitrogen and oxygen atoms in total. The van der Waals surface area contributed by atoms with Gasteiger partial charge in [0.2, 0.25) is 0 Å². The second kappa shape index (κ2) is 4.44. The molecule has 94 valence electrons. The number of rotatable bonds is 2. The van der Waals surface area contributed by atoms with Gasteiger partial charge in [-0.2, -0.15) is 11.8 Å². The van der Waals surface area contributed by atoms with E-state index in [-0.39, 0.29) is 5.56 Å². The van der Waals surface area contributed by atoms with Gasteiger partial charge in [0.25, 0.3) is 0 Å². The van der Waals surface area contributed by atoms with Crippen LogP contribution >= 0.6 is 23.4 Å². The lowest BCUT2D eigenvalue weighted by Gasteiger charge is -2.07. The van der Waals surface area contributed by atoms with Crippen LogP contribution in [0.2, 0.25) is 5.02 Å². The molecule has 0 spiro atoms. The number of hydrogen-bond donors (Lipinski definition) is 1. The summed E-state index contributed by atoms with van der Waals surface area (Å²) in [6.07, 6.45) is 2.59. The lowest BCUT2D eigenvalue weighted by Crippen LogP contribution is -2.05. The SMILES string of the molecule is O=C(O)c1cc(Cl)c2nnc(C3CCSC3)n2c1. The zero-order valence-electron chi connectivity index (χ0n) is 9.34. The number of carbonyl (C=O) groups is 1. The van der Waals surface area contributed by atoms with E-state index >= 15 is 0 Å². The first-order chi connectivity index (χ1) is 8.66. The number of pyridine rings is 1. The lowest BCUT2D eigenvalue weighted by molar-refractivity contribution is 0.0696. The Morgan fingerprint density at radius 2 is 2.39 bits per heavy atom. The van der Waals surface area contributed by atoms with Crippen molar-refractivity contribution in [2.75, 3.05) is 11.5 Å². The summed E-state index contributed by atoms with van der Waals surface area (Å²) in [5.74, 6) is 2.23. The van der Waals surface area contributed by atoms with Gasteiger partial charge in [-0.25, -0.2) is 4.79 Å². The molecule has 7 heteroatoms. The quantitative estimate of drug-likeness (QED) is 0.916. The zero-order chi connectivity index (χ0) is 12.7. The van der Waals surface area contributed by atoms with Gasteiger partial charge in [0.1, 0.15) is 5.82 Å². The first-order valence-corrected chi connectivity index (χ1v) is 7.05. The number of aromatic nitrogens is 3. The molecule has 2 aromatic rings. The van der Waals surface area contributed by atoms with Gasteiger partial charge >= 0.3 is 5.97 Å². The smallest absolute Gasteiger partial charge is 0.337 e. The summed E-state index contributed by atoms with van der Waals surface area (Å²) >= 11 is 7.91. The van der Waals surface area contributed by atoms with E-state index in [2.05, 4.69) is 10.2 Å². The topological polar surface area (TPSA) is 67.5 Å². The number of thioether (sulfide) groups is 1. The Labute approximate surface area is 112 Å². The number of carboxylic acids is 1. The van der Waals surface area contributed by atoms with Crippen LogP contribution < -0.4 is 0 Å². The number of fused-ring (bicyclic) bond motifs is 1. The maximum atomic E-state index is 11.0. The molecular weight excluding hydrogens is 274 g/mol. The predicted molar refractivity (Wildman–Crippen MR) is 69.6 cm³/mol. The van der Waals surface area contributed by atoms with Crippen molar-refractivity contribution < 1.29 is 9.90 Å². The molecule has 3 rings (SSSR count). The van der Waals surface area contributed by atoms with Crippen LogP contribution in [0.3, 0.4) is 0 Å². The van der Waals surface area contributed by atoms with E-state index in [0.717, 1.165) is 23.8 Å². The van der Waals surface area contributed by atoms with Gasteiger partial charge in [-0.05, 0) is 18.2 Å². The number of carboxylic acid groups (broad SMARTS) is 1. The molecular formula is C11H10ClN3O2S. The van der Waals surface area contributed by atoms with Crippen LogP contribution in [0, 0.1) is 0 Å². The van der Waals surface area contributed by atoms with Crippen molar-refractivity contribution in [2.45, 2.75) is 12.3 Å². The fraction of sp³-hybridized carbons (Fsp3) is 0.364. The average molecular weight is 284 g/mol. The van der Waals surface area contributed by atoms with Crippen LogP contribution in [-0.2, 0) is 0 Å². The van der Waals surface area contributed by atoms with Crippen molar-refractivity contribution in [2.24, 2.45) is 0 Å². The summed E-state index contributed by atoms with van der Waals surface area (Å²) in [6, 6.07) is 1.40. The van der Waals surface area contributed by atoms with Gasteiger partial charge in [-0.3, -0.25) is 4.40 Å². The highest BCUT2D eigenvalue weighted by atomic mass is 35.5. The summed E-state index contributed by atoms with van der Waals surface area (Å²) in [7, 11) is 0. The monoisotopic (exact) mass is 283 g/mol. The van der Waals surface area contributed by atoms with Crippen molar-refractivity contribution >= 4 is 35.0 Å². The summed E-state index contributed by atoms with van der Waals surface area (Å²) in [5.41, 5.74) is 0.674.